The summed E-state index contributed by atoms with van der Waals surface area (Å²) in [7, 11) is 0. The first-order valence-electron chi connectivity index (χ1n) is 6.03. The number of aliphatic hydroxyl groups excluding tert-OH is 1. The molecule has 3 rings (SSSR count). The number of aliphatic hydroxyl groups is 1. The van der Waals surface area contributed by atoms with Gasteiger partial charge in [0.05, 0.1) is 12.1 Å². The molecule has 0 saturated heterocycles. The third-order valence-corrected chi connectivity index (χ3v) is 3.18. The Morgan fingerprint density at radius 2 is 1.84 bits per heavy atom. The summed E-state index contributed by atoms with van der Waals surface area (Å²) in [6, 6.07) is 14.1. The van der Waals surface area contributed by atoms with Gasteiger partial charge in [-0.1, -0.05) is 30.3 Å². The summed E-state index contributed by atoms with van der Waals surface area (Å²) in [4.78, 5) is 4.33. The van der Waals surface area contributed by atoms with Crippen molar-refractivity contribution < 1.29 is 9.50 Å². The van der Waals surface area contributed by atoms with Crippen LogP contribution >= 0.6 is 0 Å². The topological polar surface area (TPSA) is 33.1 Å². The van der Waals surface area contributed by atoms with E-state index in [-0.39, 0.29) is 12.4 Å². The van der Waals surface area contributed by atoms with Crippen molar-refractivity contribution in [2.75, 3.05) is 0 Å². The van der Waals surface area contributed by atoms with Gasteiger partial charge in [0, 0.05) is 17.1 Å². The normalized spacial score (nSPS) is 10.8. The van der Waals surface area contributed by atoms with Gasteiger partial charge in [0.1, 0.15) is 5.82 Å². The van der Waals surface area contributed by atoms with Gasteiger partial charge >= 0.3 is 0 Å². The number of halogens is 1. The van der Waals surface area contributed by atoms with Crippen molar-refractivity contribution in [3.8, 4) is 11.1 Å². The average molecular weight is 253 g/mol. The first-order valence-corrected chi connectivity index (χ1v) is 6.03. The highest BCUT2D eigenvalue weighted by Crippen LogP contribution is 2.29. The third kappa shape index (κ3) is 2.09. The molecule has 0 amide bonds. The van der Waals surface area contributed by atoms with Gasteiger partial charge in [0.15, 0.2) is 0 Å². The molecular formula is C16H12FNO. The van der Waals surface area contributed by atoms with E-state index >= 15 is 0 Å². The summed E-state index contributed by atoms with van der Waals surface area (Å²) < 4.78 is 13.4. The van der Waals surface area contributed by atoms with E-state index in [1.54, 1.807) is 12.3 Å². The molecule has 1 heterocycles. The van der Waals surface area contributed by atoms with Crippen LogP contribution in [0.25, 0.3) is 22.0 Å². The highest BCUT2D eigenvalue weighted by molar-refractivity contribution is 5.88. The van der Waals surface area contributed by atoms with Gasteiger partial charge in [0.25, 0.3) is 0 Å². The molecule has 0 saturated carbocycles. The number of fused-ring (bicyclic) bond motifs is 1. The molecule has 1 aromatic heterocycles. The Morgan fingerprint density at radius 3 is 2.58 bits per heavy atom. The molecule has 0 aliphatic rings. The number of benzene rings is 2. The van der Waals surface area contributed by atoms with Gasteiger partial charge < -0.3 is 5.11 Å². The van der Waals surface area contributed by atoms with Crippen LogP contribution in [0.2, 0.25) is 0 Å². The lowest BCUT2D eigenvalue weighted by Gasteiger charge is -2.10. The number of aromatic nitrogens is 1. The summed E-state index contributed by atoms with van der Waals surface area (Å²) >= 11 is 0. The molecule has 2 aromatic carbocycles. The second-order valence-corrected chi connectivity index (χ2v) is 4.34. The molecular weight excluding hydrogens is 241 g/mol. The van der Waals surface area contributed by atoms with E-state index in [0.717, 1.165) is 11.1 Å². The summed E-state index contributed by atoms with van der Waals surface area (Å²) in [5.41, 5.74) is 3.19. The van der Waals surface area contributed by atoms with Crippen LogP contribution in [-0.4, -0.2) is 10.1 Å². The van der Waals surface area contributed by atoms with E-state index < -0.39 is 0 Å². The molecule has 3 aromatic rings. The van der Waals surface area contributed by atoms with Gasteiger partial charge in [-0.2, -0.15) is 0 Å². The number of rotatable bonds is 2. The second kappa shape index (κ2) is 4.78. The number of nitrogens with zero attached hydrogens (tertiary/aromatic N) is 1. The fourth-order valence-corrected chi connectivity index (χ4v) is 2.26. The van der Waals surface area contributed by atoms with Crippen LogP contribution in [0.4, 0.5) is 4.39 Å². The van der Waals surface area contributed by atoms with Gasteiger partial charge in [0.2, 0.25) is 0 Å². The monoisotopic (exact) mass is 253 g/mol. The summed E-state index contributed by atoms with van der Waals surface area (Å²) in [6.07, 6.45) is 1.72. The van der Waals surface area contributed by atoms with Gasteiger partial charge in [-0.15, -0.1) is 0 Å². The Balaban J connectivity index is 2.32. The summed E-state index contributed by atoms with van der Waals surface area (Å²) in [6.45, 7) is -0.146. The van der Waals surface area contributed by atoms with Crippen molar-refractivity contribution in [1.82, 2.24) is 4.98 Å². The minimum atomic E-state index is -0.325. The zero-order valence-electron chi connectivity index (χ0n) is 10.2. The predicted octanol–water partition coefficient (Wildman–Crippen LogP) is 3.53. The van der Waals surface area contributed by atoms with E-state index in [1.165, 1.54) is 12.1 Å². The molecule has 19 heavy (non-hydrogen) atoms. The van der Waals surface area contributed by atoms with Crippen molar-refractivity contribution in [2.45, 2.75) is 6.61 Å². The lowest BCUT2D eigenvalue weighted by atomic mass is 9.98. The zero-order chi connectivity index (χ0) is 13.2. The fraction of sp³-hybridized carbons (Fsp3) is 0.0625. The van der Waals surface area contributed by atoms with Gasteiger partial charge in [-0.05, 0) is 29.3 Å². The van der Waals surface area contributed by atoms with E-state index in [2.05, 4.69) is 4.98 Å². The van der Waals surface area contributed by atoms with Crippen LogP contribution < -0.4 is 0 Å². The van der Waals surface area contributed by atoms with Gasteiger partial charge in [-0.25, -0.2) is 4.39 Å². The standard InChI is InChI=1S/C16H12FNO/c17-12-6-7-16-13(8-12)15(10-19)14(9-18-16)11-4-2-1-3-5-11/h1-9,19H,10H2. The largest absolute Gasteiger partial charge is 0.392 e. The molecule has 0 spiro atoms. The summed E-state index contributed by atoms with van der Waals surface area (Å²) in [5.74, 6) is -0.325. The minimum Gasteiger partial charge on any atom is -0.392 e. The molecule has 3 heteroatoms. The first kappa shape index (κ1) is 11.8. The number of hydrogen-bond donors (Lipinski definition) is 1. The molecule has 0 aliphatic carbocycles. The lowest BCUT2D eigenvalue weighted by molar-refractivity contribution is 0.284. The Hall–Kier alpha value is -2.26. The predicted molar refractivity (Wildman–Crippen MR) is 73.1 cm³/mol. The third-order valence-electron chi connectivity index (χ3n) is 3.18. The molecule has 1 N–H and O–H groups in total. The van der Waals surface area contributed by atoms with Crippen LogP contribution in [0.5, 0.6) is 0 Å². The van der Waals surface area contributed by atoms with E-state index in [0.29, 0.717) is 16.5 Å². The number of pyridine rings is 1. The first-order chi connectivity index (χ1) is 9.29. The van der Waals surface area contributed by atoms with E-state index in [4.69, 9.17) is 0 Å². The van der Waals surface area contributed by atoms with Crippen molar-refractivity contribution in [3.05, 3.63) is 66.1 Å². The van der Waals surface area contributed by atoms with Crippen LogP contribution in [0, 0.1) is 5.82 Å². The maximum atomic E-state index is 13.4. The van der Waals surface area contributed by atoms with Crippen LogP contribution in [0.1, 0.15) is 5.56 Å². The molecule has 0 bridgehead atoms. The zero-order valence-corrected chi connectivity index (χ0v) is 10.2. The van der Waals surface area contributed by atoms with Crippen molar-refractivity contribution >= 4 is 10.9 Å². The van der Waals surface area contributed by atoms with Gasteiger partial charge in [-0.3, -0.25) is 4.98 Å². The van der Waals surface area contributed by atoms with Crippen LogP contribution in [0.15, 0.2) is 54.7 Å². The van der Waals surface area contributed by atoms with Crippen molar-refractivity contribution in [1.29, 1.82) is 0 Å². The Bertz CT molecular complexity index is 725. The highest BCUT2D eigenvalue weighted by Gasteiger charge is 2.10. The summed E-state index contributed by atoms with van der Waals surface area (Å²) in [5, 5.41) is 10.3. The molecule has 0 unspecified atom stereocenters. The maximum absolute atomic E-state index is 13.4. The maximum Gasteiger partial charge on any atom is 0.123 e. The smallest absolute Gasteiger partial charge is 0.123 e. The Kier molecular flexibility index (Phi) is 2.97. The quantitative estimate of drug-likeness (QED) is 0.757. The minimum absolute atomic E-state index is 0.146. The van der Waals surface area contributed by atoms with Crippen molar-refractivity contribution in [3.63, 3.8) is 0 Å². The molecule has 0 radical (unpaired) electrons. The second-order valence-electron chi connectivity index (χ2n) is 4.34. The SMILES string of the molecule is OCc1c(-c2ccccc2)cnc2ccc(F)cc12. The molecule has 0 fully saturated rings. The van der Waals surface area contributed by atoms with Crippen molar-refractivity contribution in [2.24, 2.45) is 0 Å². The lowest BCUT2D eigenvalue weighted by Crippen LogP contribution is -1.94. The van der Waals surface area contributed by atoms with Crippen LogP contribution in [-0.2, 0) is 6.61 Å². The van der Waals surface area contributed by atoms with E-state index in [9.17, 15) is 9.50 Å². The van der Waals surface area contributed by atoms with E-state index in [1.807, 2.05) is 30.3 Å². The highest BCUT2D eigenvalue weighted by atomic mass is 19.1. The molecule has 94 valence electrons. The fourth-order valence-electron chi connectivity index (χ4n) is 2.26. The van der Waals surface area contributed by atoms with Crippen LogP contribution in [0.3, 0.4) is 0 Å². The average Bonchev–Trinajstić information content (AvgIpc) is 2.46. The molecule has 0 aliphatic heterocycles. The Morgan fingerprint density at radius 1 is 1.05 bits per heavy atom. The Labute approximate surface area is 110 Å². The molecule has 2 nitrogen and oxygen atoms in total. The number of hydrogen-bond acceptors (Lipinski definition) is 2. The molecule has 0 atom stereocenters.